The molecule has 0 unspecified atom stereocenters. The monoisotopic (exact) mass is 453 g/mol. The smallest absolute Gasteiger partial charge is 0.264 e. The number of thiophene rings is 1. The van der Waals surface area contributed by atoms with Crippen LogP contribution >= 0.6 is 11.3 Å². The van der Waals surface area contributed by atoms with Crippen LogP contribution in [0.2, 0.25) is 0 Å². The molecule has 5 rings (SSSR count). The van der Waals surface area contributed by atoms with E-state index in [0.29, 0.717) is 32.2 Å². The molecule has 0 N–H and O–H groups in total. The number of nitrogens with zero attached hydrogens (tertiary/aromatic N) is 3. The molecule has 2 amide bonds. The van der Waals surface area contributed by atoms with Gasteiger partial charge < -0.3 is 19.4 Å². The summed E-state index contributed by atoms with van der Waals surface area (Å²) in [6, 6.07) is 12.4. The zero-order chi connectivity index (χ0) is 21.9. The molecule has 3 fully saturated rings. The Morgan fingerprint density at radius 3 is 2.25 bits per heavy atom. The highest BCUT2D eigenvalue weighted by Crippen LogP contribution is 2.40. The summed E-state index contributed by atoms with van der Waals surface area (Å²) in [5.41, 5.74) is 2.26. The van der Waals surface area contributed by atoms with Gasteiger partial charge in [-0.25, -0.2) is 0 Å². The van der Waals surface area contributed by atoms with E-state index in [4.69, 9.17) is 4.74 Å². The highest BCUT2D eigenvalue weighted by molar-refractivity contribution is 7.18. The average molecular weight is 454 g/mol. The van der Waals surface area contributed by atoms with Crippen molar-refractivity contribution < 1.29 is 14.3 Å². The van der Waals surface area contributed by atoms with Gasteiger partial charge in [-0.15, -0.1) is 11.3 Å². The molecule has 170 valence electrons. The number of anilines is 1. The number of amides is 2. The van der Waals surface area contributed by atoms with Crippen molar-refractivity contribution in [2.45, 2.75) is 25.7 Å². The second-order valence-corrected chi connectivity index (χ2v) is 9.92. The highest BCUT2D eigenvalue weighted by atomic mass is 32.1. The largest absolute Gasteiger partial charge is 0.378 e. The van der Waals surface area contributed by atoms with Gasteiger partial charge in [0.2, 0.25) is 5.91 Å². The molecule has 0 saturated carbocycles. The second-order valence-electron chi connectivity index (χ2n) is 8.89. The quantitative estimate of drug-likeness (QED) is 0.708. The van der Waals surface area contributed by atoms with Gasteiger partial charge in [0.05, 0.1) is 23.1 Å². The number of morpholine rings is 1. The number of ether oxygens (including phenoxy) is 1. The fourth-order valence-corrected chi connectivity index (χ4v) is 6.19. The maximum Gasteiger partial charge on any atom is 0.264 e. The molecule has 1 aromatic heterocycles. The molecular weight excluding hydrogens is 422 g/mol. The predicted octanol–water partition coefficient (Wildman–Crippen LogP) is 3.73. The summed E-state index contributed by atoms with van der Waals surface area (Å²) >= 11 is 1.59. The van der Waals surface area contributed by atoms with Crippen molar-refractivity contribution in [3.05, 3.63) is 41.3 Å². The number of rotatable bonds is 4. The topological polar surface area (TPSA) is 53.1 Å². The molecule has 0 bridgehead atoms. The number of hydrogen-bond donors (Lipinski definition) is 0. The Kier molecular flexibility index (Phi) is 6.46. The zero-order valence-corrected chi connectivity index (χ0v) is 19.3. The number of carbonyl (C=O) groups excluding carboxylic acids is 2. The maximum absolute atomic E-state index is 13.4. The van der Waals surface area contributed by atoms with E-state index in [9.17, 15) is 9.59 Å². The Hall–Kier alpha value is -2.38. The van der Waals surface area contributed by atoms with Gasteiger partial charge in [-0.3, -0.25) is 9.59 Å². The molecule has 6 nitrogen and oxygen atoms in total. The number of benzene rings is 1. The van der Waals surface area contributed by atoms with Crippen LogP contribution in [0.25, 0.3) is 11.1 Å². The van der Waals surface area contributed by atoms with E-state index < -0.39 is 0 Å². The molecular formula is C25H31N3O3S. The summed E-state index contributed by atoms with van der Waals surface area (Å²) in [6.45, 7) is 6.25. The third kappa shape index (κ3) is 4.41. The highest BCUT2D eigenvalue weighted by Gasteiger charge is 2.32. The zero-order valence-electron chi connectivity index (χ0n) is 18.5. The van der Waals surface area contributed by atoms with Crippen molar-refractivity contribution in [1.29, 1.82) is 0 Å². The lowest BCUT2D eigenvalue weighted by molar-refractivity contribution is -0.135. The first kappa shape index (κ1) is 21.5. The molecule has 32 heavy (non-hydrogen) atoms. The van der Waals surface area contributed by atoms with E-state index in [1.807, 2.05) is 28.0 Å². The van der Waals surface area contributed by atoms with Crippen LogP contribution in [-0.2, 0) is 9.53 Å². The van der Waals surface area contributed by atoms with Crippen molar-refractivity contribution in [3.8, 4) is 11.1 Å². The molecule has 4 heterocycles. The molecule has 3 saturated heterocycles. The van der Waals surface area contributed by atoms with Crippen molar-refractivity contribution in [2.24, 2.45) is 5.92 Å². The van der Waals surface area contributed by atoms with E-state index in [0.717, 1.165) is 72.9 Å². The first-order valence-electron chi connectivity index (χ1n) is 11.8. The van der Waals surface area contributed by atoms with Crippen molar-refractivity contribution >= 4 is 28.2 Å². The molecule has 1 aromatic carbocycles. The number of hydrogen-bond acceptors (Lipinski definition) is 5. The Balaban J connectivity index is 1.31. The molecule has 0 radical (unpaired) electrons. The van der Waals surface area contributed by atoms with Crippen LogP contribution in [0.15, 0.2) is 36.4 Å². The van der Waals surface area contributed by atoms with Gasteiger partial charge in [0.1, 0.15) is 0 Å². The molecule has 0 atom stereocenters. The fourth-order valence-electron chi connectivity index (χ4n) is 4.99. The predicted molar refractivity (Wildman–Crippen MR) is 127 cm³/mol. The van der Waals surface area contributed by atoms with E-state index >= 15 is 0 Å². The molecule has 0 aliphatic carbocycles. The van der Waals surface area contributed by atoms with Crippen LogP contribution in [0.1, 0.15) is 35.4 Å². The Labute approximate surface area is 193 Å². The lowest BCUT2D eigenvalue weighted by atomic mass is 9.95. The minimum absolute atomic E-state index is 0.0734. The van der Waals surface area contributed by atoms with Crippen molar-refractivity contribution in [2.75, 3.05) is 57.4 Å². The van der Waals surface area contributed by atoms with Gasteiger partial charge in [-0.1, -0.05) is 30.3 Å². The summed E-state index contributed by atoms with van der Waals surface area (Å²) in [5.74, 6) is 0.467. The minimum Gasteiger partial charge on any atom is -0.378 e. The van der Waals surface area contributed by atoms with Gasteiger partial charge in [-0.05, 0) is 37.3 Å². The normalized spacial score (nSPS) is 20.1. The molecule has 3 aliphatic heterocycles. The summed E-state index contributed by atoms with van der Waals surface area (Å²) < 4.78 is 5.54. The number of likely N-dealkylation sites (tertiary alicyclic amines) is 2. The molecule has 3 aliphatic rings. The summed E-state index contributed by atoms with van der Waals surface area (Å²) in [7, 11) is 0. The van der Waals surface area contributed by atoms with Crippen LogP contribution in [-0.4, -0.2) is 74.1 Å². The van der Waals surface area contributed by atoms with Crippen molar-refractivity contribution in [1.82, 2.24) is 9.80 Å². The minimum atomic E-state index is 0.0734. The van der Waals surface area contributed by atoms with Crippen LogP contribution in [0, 0.1) is 5.92 Å². The maximum atomic E-state index is 13.4. The van der Waals surface area contributed by atoms with Gasteiger partial charge in [0, 0.05) is 50.7 Å². The van der Waals surface area contributed by atoms with Crippen LogP contribution in [0.3, 0.4) is 0 Å². The third-order valence-electron chi connectivity index (χ3n) is 6.86. The SMILES string of the molecule is O=C(c1cc(-c2ccccc2)c(N2CCOCC2)s1)N1CCC(C(=O)N2CCCC2)CC1. The molecule has 0 spiro atoms. The number of carbonyl (C=O) groups is 2. The Morgan fingerprint density at radius 1 is 0.875 bits per heavy atom. The third-order valence-corrected chi connectivity index (χ3v) is 8.04. The van der Waals surface area contributed by atoms with Crippen LogP contribution in [0.5, 0.6) is 0 Å². The lowest BCUT2D eigenvalue weighted by Gasteiger charge is -2.33. The van der Waals surface area contributed by atoms with Crippen LogP contribution in [0.4, 0.5) is 5.00 Å². The first-order chi connectivity index (χ1) is 15.7. The fraction of sp³-hybridized carbons (Fsp3) is 0.520. The second kappa shape index (κ2) is 9.63. The van der Waals surface area contributed by atoms with Gasteiger partial charge in [0.15, 0.2) is 0 Å². The molecule has 7 heteroatoms. The van der Waals surface area contributed by atoms with Crippen LogP contribution < -0.4 is 4.90 Å². The van der Waals surface area contributed by atoms with E-state index in [1.165, 1.54) is 0 Å². The average Bonchev–Trinajstić information content (AvgIpc) is 3.55. The molecule has 2 aromatic rings. The van der Waals surface area contributed by atoms with E-state index in [2.05, 4.69) is 23.1 Å². The number of piperidine rings is 1. The standard InChI is InChI=1S/C25H31N3O3S/c29-23(26-10-4-5-11-26)20-8-12-27(13-9-20)24(30)22-18-21(19-6-2-1-3-7-19)25(32-22)28-14-16-31-17-15-28/h1-3,6-7,18,20H,4-5,8-17H2. The lowest BCUT2D eigenvalue weighted by Crippen LogP contribution is -2.43. The summed E-state index contributed by atoms with van der Waals surface area (Å²) in [5, 5.41) is 1.15. The Morgan fingerprint density at radius 2 is 1.56 bits per heavy atom. The van der Waals surface area contributed by atoms with Gasteiger partial charge in [0.25, 0.3) is 5.91 Å². The van der Waals surface area contributed by atoms with Crippen molar-refractivity contribution in [3.63, 3.8) is 0 Å². The summed E-state index contributed by atoms with van der Waals surface area (Å²) in [6.07, 6.45) is 3.79. The van der Waals surface area contributed by atoms with Gasteiger partial charge >= 0.3 is 0 Å². The summed E-state index contributed by atoms with van der Waals surface area (Å²) in [4.78, 5) is 33.2. The first-order valence-corrected chi connectivity index (χ1v) is 12.6. The van der Waals surface area contributed by atoms with E-state index in [-0.39, 0.29) is 11.8 Å². The van der Waals surface area contributed by atoms with E-state index in [1.54, 1.807) is 11.3 Å². The van der Waals surface area contributed by atoms with Gasteiger partial charge in [-0.2, -0.15) is 0 Å². The Bertz CT molecular complexity index is 941.